The average molecular weight is 695 g/mol. The van der Waals surface area contributed by atoms with Crippen molar-refractivity contribution in [2.45, 2.75) is 27.7 Å². The van der Waals surface area contributed by atoms with E-state index in [1.165, 1.54) is 71.6 Å². The van der Waals surface area contributed by atoms with Crippen LogP contribution in [0.5, 0.6) is 0 Å². The fourth-order valence-electron chi connectivity index (χ4n) is 8.79. The second-order valence-electron chi connectivity index (χ2n) is 14.4. The largest absolute Gasteiger partial charge is 0.309 e. The first-order valence-electron chi connectivity index (χ1n) is 18.6. The van der Waals surface area contributed by atoms with Crippen LogP contribution in [-0.4, -0.2) is 19.1 Å². The molecule has 0 fully saturated rings. The molecule has 0 aliphatic rings. The minimum absolute atomic E-state index is 0.925. The van der Waals surface area contributed by atoms with Gasteiger partial charge in [-0.3, -0.25) is 4.98 Å². The van der Waals surface area contributed by atoms with Gasteiger partial charge in [-0.15, -0.1) is 0 Å². The Hall–Kier alpha value is -6.78. The van der Waals surface area contributed by atoms with Crippen molar-refractivity contribution in [3.05, 3.63) is 180 Å². The van der Waals surface area contributed by atoms with Gasteiger partial charge in [0, 0.05) is 55.8 Å². The molecule has 0 spiro atoms. The third-order valence-electron chi connectivity index (χ3n) is 11.1. The van der Waals surface area contributed by atoms with Gasteiger partial charge in [0.15, 0.2) is 0 Å². The lowest BCUT2D eigenvalue weighted by Gasteiger charge is -2.18. The van der Waals surface area contributed by atoms with E-state index in [2.05, 4.69) is 188 Å². The fourth-order valence-corrected chi connectivity index (χ4v) is 8.79. The van der Waals surface area contributed by atoms with Gasteiger partial charge in [-0.05, 0) is 117 Å². The van der Waals surface area contributed by atoms with Gasteiger partial charge >= 0.3 is 0 Å². The predicted molar refractivity (Wildman–Crippen MR) is 226 cm³/mol. The molecule has 0 radical (unpaired) electrons. The molecular weight excluding hydrogens is 657 g/mol. The molecule has 4 nitrogen and oxygen atoms in total. The summed E-state index contributed by atoms with van der Waals surface area (Å²) >= 11 is 0. The maximum Gasteiger partial charge on any atom is 0.0715 e. The van der Waals surface area contributed by atoms with Crippen LogP contribution in [0.3, 0.4) is 0 Å². The van der Waals surface area contributed by atoms with E-state index in [-0.39, 0.29) is 0 Å². The molecule has 0 bridgehead atoms. The van der Waals surface area contributed by atoms with Crippen molar-refractivity contribution in [2.75, 3.05) is 0 Å². The first-order valence-corrected chi connectivity index (χ1v) is 18.6. The third kappa shape index (κ3) is 4.91. The zero-order chi connectivity index (χ0) is 36.5. The number of nitrogens with zero attached hydrogens (tertiary/aromatic N) is 4. The molecule has 0 aliphatic heterocycles. The van der Waals surface area contributed by atoms with E-state index in [1.807, 2.05) is 6.20 Å². The Morgan fingerprint density at radius 2 is 0.926 bits per heavy atom. The van der Waals surface area contributed by atoms with Gasteiger partial charge < -0.3 is 9.13 Å². The molecular formula is C50H38N4. The monoisotopic (exact) mass is 694 g/mol. The molecule has 6 aromatic carbocycles. The summed E-state index contributed by atoms with van der Waals surface area (Å²) < 4.78 is 4.78. The maximum absolute atomic E-state index is 5.33. The lowest BCUT2D eigenvalue weighted by atomic mass is 9.96. The molecule has 0 unspecified atom stereocenters. The Morgan fingerprint density at radius 3 is 1.50 bits per heavy atom. The summed E-state index contributed by atoms with van der Waals surface area (Å²) in [6.07, 6.45) is 1.91. The number of benzene rings is 6. The Bertz CT molecular complexity index is 2970. The zero-order valence-electron chi connectivity index (χ0n) is 30.8. The van der Waals surface area contributed by atoms with E-state index in [9.17, 15) is 0 Å². The van der Waals surface area contributed by atoms with Crippen LogP contribution >= 0.6 is 0 Å². The second-order valence-corrected chi connectivity index (χ2v) is 14.4. The molecule has 4 aromatic heterocycles. The van der Waals surface area contributed by atoms with E-state index in [0.717, 1.165) is 39.5 Å². The summed E-state index contributed by atoms with van der Waals surface area (Å²) in [6.45, 7) is 8.81. The smallest absolute Gasteiger partial charge is 0.0715 e. The molecule has 0 aliphatic carbocycles. The van der Waals surface area contributed by atoms with Gasteiger partial charge in [0.25, 0.3) is 0 Å². The molecule has 0 saturated carbocycles. The van der Waals surface area contributed by atoms with E-state index in [0.29, 0.717) is 0 Å². The van der Waals surface area contributed by atoms with Crippen LogP contribution in [0.2, 0.25) is 0 Å². The van der Waals surface area contributed by atoms with Crippen molar-refractivity contribution >= 4 is 43.6 Å². The van der Waals surface area contributed by atoms with Crippen LogP contribution in [0.15, 0.2) is 158 Å². The van der Waals surface area contributed by atoms with Crippen LogP contribution in [0.25, 0.3) is 88.8 Å². The number of hydrogen-bond acceptors (Lipinski definition) is 2. The Balaban J connectivity index is 1.05. The highest BCUT2D eigenvalue weighted by Crippen LogP contribution is 2.39. The van der Waals surface area contributed by atoms with Crippen LogP contribution < -0.4 is 0 Å². The number of hydrogen-bond donors (Lipinski definition) is 0. The Kier molecular flexibility index (Phi) is 7.34. The molecule has 0 saturated heterocycles. The van der Waals surface area contributed by atoms with Crippen molar-refractivity contribution in [1.29, 1.82) is 0 Å². The summed E-state index contributed by atoms with van der Waals surface area (Å²) in [5, 5.41) is 5.05. The standard InChI is InChI=1S/C50H38N4/c1-31-24-25-44(54-47-22-11-7-16-39(47)40-17-8-12-23-48(40)54)34(4)50(31)42-19-13-18-41(52-42)35-26-27-51-43(30-35)49-32(2)28-36(29-33(49)3)53-45-20-9-5-14-37(45)38-15-6-10-21-46(38)53/h5-30H,1-4H3. The first kappa shape index (κ1) is 31.9. The molecule has 4 heterocycles. The molecule has 10 aromatic rings. The van der Waals surface area contributed by atoms with Crippen LogP contribution in [0.1, 0.15) is 22.3 Å². The van der Waals surface area contributed by atoms with Gasteiger partial charge in [0.05, 0.1) is 39.1 Å². The van der Waals surface area contributed by atoms with Crippen molar-refractivity contribution < 1.29 is 0 Å². The Morgan fingerprint density at radius 1 is 0.407 bits per heavy atom. The topological polar surface area (TPSA) is 35.6 Å². The SMILES string of the molecule is Cc1cc(-n2c3ccccc3c3ccccc32)cc(C)c1-c1cc(-c2cccc(-c3c(C)ccc(-n4c5ccccc5c5ccccc54)c3C)n2)ccn1. The van der Waals surface area contributed by atoms with Crippen molar-refractivity contribution in [1.82, 2.24) is 19.1 Å². The molecule has 10 rings (SSSR count). The summed E-state index contributed by atoms with van der Waals surface area (Å²) in [7, 11) is 0. The number of pyridine rings is 2. The van der Waals surface area contributed by atoms with Gasteiger partial charge in [-0.25, -0.2) is 4.98 Å². The molecule has 0 atom stereocenters. The van der Waals surface area contributed by atoms with Gasteiger partial charge in [-0.1, -0.05) is 84.9 Å². The van der Waals surface area contributed by atoms with Crippen molar-refractivity contribution in [3.63, 3.8) is 0 Å². The minimum Gasteiger partial charge on any atom is -0.309 e. The number of aryl methyl sites for hydroxylation is 3. The van der Waals surface area contributed by atoms with E-state index >= 15 is 0 Å². The highest BCUT2D eigenvalue weighted by Gasteiger charge is 2.19. The van der Waals surface area contributed by atoms with Crippen LogP contribution in [0, 0.1) is 27.7 Å². The quantitative estimate of drug-likeness (QED) is 0.180. The minimum atomic E-state index is 0.925. The lowest BCUT2D eigenvalue weighted by Crippen LogP contribution is -2.01. The zero-order valence-corrected chi connectivity index (χ0v) is 30.8. The highest BCUT2D eigenvalue weighted by molar-refractivity contribution is 6.10. The van der Waals surface area contributed by atoms with Crippen LogP contribution in [0.4, 0.5) is 0 Å². The summed E-state index contributed by atoms with van der Waals surface area (Å²) in [5.41, 5.74) is 18.1. The van der Waals surface area contributed by atoms with E-state index in [1.54, 1.807) is 0 Å². The number of aromatic nitrogens is 4. The maximum atomic E-state index is 5.33. The van der Waals surface area contributed by atoms with E-state index in [4.69, 9.17) is 9.97 Å². The molecule has 4 heteroatoms. The molecule has 0 amide bonds. The number of fused-ring (bicyclic) bond motifs is 6. The average Bonchev–Trinajstić information content (AvgIpc) is 3.71. The van der Waals surface area contributed by atoms with Crippen molar-refractivity contribution in [3.8, 4) is 45.1 Å². The van der Waals surface area contributed by atoms with Gasteiger partial charge in [0.1, 0.15) is 0 Å². The van der Waals surface area contributed by atoms with Gasteiger partial charge in [-0.2, -0.15) is 0 Å². The highest BCUT2D eigenvalue weighted by atomic mass is 15.0. The molecule has 258 valence electrons. The lowest BCUT2D eigenvalue weighted by molar-refractivity contribution is 1.14. The second kappa shape index (κ2) is 12.4. The molecule has 54 heavy (non-hydrogen) atoms. The van der Waals surface area contributed by atoms with Gasteiger partial charge in [0.2, 0.25) is 0 Å². The summed E-state index contributed by atoms with van der Waals surface area (Å²) in [4.78, 5) is 10.2. The number of rotatable bonds is 5. The van der Waals surface area contributed by atoms with Crippen LogP contribution in [-0.2, 0) is 0 Å². The summed E-state index contributed by atoms with van der Waals surface area (Å²) in [5.74, 6) is 0. The molecule has 0 N–H and O–H groups in total. The predicted octanol–water partition coefficient (Wildman–Crippen LogP) is 12.9. The van der Waals surface area contributed by atoms with Crippen molar-refractivity contribution in [2.24, 2.45) is 0 Å². The first-order chi connectivity index (χ1) is 26.5. The fraction of sp³-hybridized carbons (Fsp3) is 0.0800. The third-order valence-corrected chi connectivity index (χ3v) is 11.1. The normalized spacial score (nSPS) is 11.7. The summed E-state index contributed by atoms with van der Waals surface area (Å²) in [6, 6.07) is 54.4. The van der Waals surface area contributed by atoms with E-state index < -0.39 is 0 Å². The number of para-hydroxylation sites is 4. The Labute approximate surface area is 314 Å².